The molecule has 1 aliphatic carbocycles. The standard InChI is InChI=1S/C15H18N2OS/c1-11-5-2-3-7-14(11)17-15(18)12(10-16)9-13-6-4-8-19-13/h4,6,8-9,11,14H,2-3,5,7H2,1H3,(H,17,18)/b12-9-/t11-,14-/m1/s1. The van der Waals surface area contributed by atoms with E-state index in [2.05, 4.69) is 12.2 Å². The van der Waals surface area contributed by atoms with Gasteiger partial charge in [0.05, 0.1) is 0 Å². The number of hydrogen-bond acceptors (Lipinski definition) is 3. The van der Waals surface area contributed by atoms with Crippen LogP contribution in [-0.2, 0) is 4.79 Å². The molecule has 1 fully saturated rings. The molecule has 1 heterocycles. The van der Waals surface area contributed by atoms with Gasteiger partial charge in [0.25, 0.3) is 5.91 Å². The van der Waals surface area contributed by atoms with Crippen molar-refractivity contribution >= 4 is 23.3 Å². The van der Waals surface area contributed by atoms with Crippen molar-refractivity contribution in [2.24, 2.45) is 5.92 Å². The quantitative estimate of drug-likeness (QED) is 0.679. The van der Waals surface area contributed by atoms with Crippen molar-refractivity contribution in [3.63, 3.8) is 0 Å². The Morgan fingerprint density at radius 2 is 2.32 bits per heavy atom. The van der Waals surface area contributed by atoms with E-state index < -0.39 is 0 Å². The predicted octanol–water partition coefficient (Wildman–Crippen LogP) is 3.35. The number of carbonyl (C=O) groups excluding carboxylic acids is 1. The molecule has 1 N–H and O–H groups in total. The number of carbonyl (C=O) groups is 1. The van der Waals surface area contributed by atoms with Gasteiger partial charge in [-0.2, -0.15) is 5.26 Å². The van der Waals surface area contributed by atoms with Gasteiger partial charge in [-0.15, -0.1) is 11.3 Å². The van der Waals surface area contributed by atoms with Crippen molar-refractivity contribution in [2.45, 2.75) is 38.6 Å². The molecule has 3 nitrogen and oxygen atoms in total. The third-order valence-electron chi connectivity index (χ3n) is 3.62. The summed E-state index contributed by atoms with van der Waals surface area (Å²) in [6.07, 6.45) is 6.23. The SMILES string of the molecule is C[C@@H]1CCCC[C@H]1NC(=O)/C(C#N)=C\c1cccs1. The van der Waals surface area contributed by atoms with Gasteiger partial charge in [0, 0.05) is 10.9 Å². The van der Waals surface area contributed by atoms with Crippen LogP contribution in [0.1, 0.15) is 37.5 Å². The molecule has 2 atom stereocenters. The van der Waals surface area contributed by atoms with Crippen molar-refractivity contribution in [3.05, 3.63) is 28.0 Å². The highest BCUT2D eigenvalue weighted by molar-refractivity contribution is 7.10. The second-order valence-corrected chi connectivity index (χ2v) is 6.01. The van der Waals surface area contributed by atoms with Crippen LogP contribution in [-0.4, -0.2) is 11.9 Å². The fourth-order valence-electron chi connectivity index (χ4n) is 2.44. The van der Waals surface area contributed by atoms with Gasteiger partial charge in [0.1, 0.15) is 11.6 Å². The Labute approximate surface area is 117 Å². The zero-order valence-electron chi connectivity index (χ0n) is 11.1. The van der Waals surface area contributed by atoms with Crippen LogP contribution in [0.4, 0.5) is 0 Å². The summed E-state index contributed by atoms with van der Waals surface area (Å²) >= 11 is 1.52. The van der Waals surface area contributed by atoms with E-state index in [0.717, 1.165) is 24.1 Å². The number of thiophene rings is 1. The highest BCUT2D eigenvalue weighted by Gasteiger charge is 2.23. The zero-order valence-corrected chi connectivity index (χ0v) is 11.9. The molecular formula is C15H18N2OS. The molecule has 1 aliphatic rings. The molecule has 1 aromatic heterocycles. The molecular weight excluding hydrogens is 256 g/mol. The van der Waals surface area contributed by atoms with Gasteiger partial charge in [0.2, 0.25) is 0 Å². The summed E-state index contributed by atoms with van der Waals surface area (Å²) < 4.78 is 0. The van der Waals surface area contributed by atoms with Crippen LogP contribution < -0.4 is 5.32 Å². The van der Waals surface area contributed by atoms with Crippen LogP contribution in [0.5, 0.6) is 0 Å². The van der Waals surface area contributed by atoms with Gasteiger partial charge in [-0.25, -0.2) is 0 Å². The first-order chi connectivity index (χ1) is 9.20. The third-order valence-corrected chi connectivity index (χ3v) is 4.44. The number of nitriles is 1. The highest BCUT2D eigenvalue weighted by atomic mass is 32.1. The number of nitrogens with one attached hydrogen (secondary N) is 1. The van der Waals surface area contributed by atoms with Crippen molar-refractivity contribution in [1.29, 1.82) is 5.26 Å². The van der Waals surface area contributed by atoms with Crippen LogP contribution in [0, 0.1) is 17.2 Å². The first-order valence-corrected chi connectivity index (χ1v) is 7.55. The van der Waals surface area contributed by atoms with Gasteiger partial charge in [-0.1, -0.05) is 25.8 Å². The molecule has 1 aromatic rings. The monoisotopic (exact) mass is 274 g/mol. The van der Waals surface area contributed by atoms with Crippen LogP contribution >= 0.6 is 11.3 Å². The number of amides is 1. The van der Waals surface area contributed by atoms with E-state index in [1.165, 1.54) is 17.8 Å². The fourth-order valence-corrected chi connectivity index (χ4v) is 3.10. The Bertz CT molecular complexity index is 499. The second-order valence-electron chi connectivity index (χ2n) is 5.03. The first-order valence-electron chi connectivity index (χ1n) is 6.67. The molecule has 0 bridgehead atoms. The lowest BCUT2D eigenvalue weighted by Crippen LogP contribution is -2.41. The lowest BCUT2D eigenvalue weighted by atomic mass is 9.86. The maximum atomic E-state index is 12.1. The van der Waals surface area contributed by atoms with E-state index in [0.29, 0.717) is 5.92 Å². The molecule has 0 aliphatic heterocycles. The van der Waals surface area contributed by atoms with Crippen molar-refractivity contribution in [3.8, 4) is 6.07 Å². The topological polar surface area (TPSA) is 52.9 Å². The molecule has 0 spiro atoms. The molecule has 0 aromatic carbocycles. The molecule has 4 heteroatoms. The Balaban J connectivity index is 2.03. The third kappa shape index (κ3) is 3.68. The maximum absolute atomic E-state index is 12.1. The maximum Gasteiger partial charge on any atom is 0.262 e. The first kappa shape index (κ1) is 13.8. The largest absolute Gasteiger partial charge is 0.348 e. The van der Waals surface area contributed by atoms with Crippen LogP contribution in [0.2, 0.25) is 0 Å². The smallest absolute Gasteiger partial charge is 0.262 e. The molecule has 19 heavy (non-hydrogen) atoms. The van der Waals surface area contributed by atoms with Crippen LogP contribution in [0.15, 0.2) is 23.1 Å². The number of hydrogen-bond donors (Lipinski definition) is 1. The van der Waals surface area contributed by atoms with Crippen LogP contribution in [0.25, 0.3) is 6.08 Å². The Morgan fingerprint density at radius 3 is 2.95 bits per heavy atom. The van der Waals surface area contributed by atoms with Gasteiger partial charge in [0.15, 0.2) is 0 Å². The normalized spacial score (nSPS) is 23.7. The lowest BCUT2D eigenvalue weighted by molar-refractivity contribution is -0.118. The summed E-state index contributed by atoms with van der Waals surface area (Å²) in [4.78, 5) is 13.1. The Hall–Kier alpha value is -1.60. The van der Waals surface area contributed by atoms with E-state index in [4.69, 9.17) is 5.26 Å². The Morgan fingerprint density at radius 1 is 1.53 bits per heavy atom. The molecule has 1 saturated carbocycles. The van der Waals surface area contributed by atoms with Crippen molar-refractivity contribution in [1.82, 2.24) is 5.32 Å². The summed E-state index contributed by atoms with van der Waals surface area (Å²) in [6, 6.07) is 6.02. The molecule has 0 radical (unpaired) electrons. The van der Waals surface area contributed by atoms with E-state index in [1.54, 1.807) is 6.08 Å². The summed E-state index contributed by atoms with van der Waals surface area (Å²) in [6.45, 7) is 2.17. The average Bonchev–Trinajstić information content (AvgIpc) is 2.91. The molecule has 2 rings (SSSR count). The van der Waals surface area contributed by atoms with Gasteiger partial charge >= 0.3 is 0 Å². The average molecular weight is 274 g/mol. The molecule has 0 unspecified atom stereocenters. The molecule has 0 saturated heterocycles. The number of nitrogens with zero attached hydrogens (tertiary/aromatic N) is 1. The van der Waals surface area contributed by atoms with E-state index in [9.17, 15) is 4.79 Å². The van der Waals surface area contributed by atoms with E-state index in [-0.39, 0.29) is 17.5 Å². The van der Waals surface area contributed by atoms with E-state index in [1.807, 2.05) is 23.6 Å². The summed E-state index contributed by atoms with van der Waals surface area (Å²) in [5.41, 5.74) is 0.195. The second kappa shape index (κ2) is 6.53. The summed E-state index contributed by atoms with van der Waals surface area (Å²) in [5.74, 6) is 0.258. The number of rotatable bonds is 3. The van der Waals surface area contributed by atoms with Crippen molar-refractivity contribution < 1.29 is 4.79 Å². The summed E-state index contributed by atoms with van der Waals surface area (Å²) in [5, 5.41) is 14.1. The van der Waals surface area contributed by atoms with Gasteiger partial charge < -0.3 is 5.32 Å². The lowest BCUT2D eigenvalue weighted by Gasteiger charge is -2.29. The predicted molar refractivity (Wildman–Crippen MR) is 77.5 cm³/mol. The highest BCUT2D eigenvalue weighted by Crippen LogP contribution is 2.24. The molecule has 1 amide bonds. The summed E-state index contributed by atoms with van der Waals surface area (Å²) in [7, 11) is 0. The minimum absolute atomic E-state index is 0.195. The van der Waals surface area contributed by atoms with Gasteiger partial charge in [-0.05, 0) is 36.3 Å². The zero-order chi connectivity index (χ0) is 13.7. The minimum Gasteiger partial charge on any atom is -0.348 e. The molecule has 100 valence electrons. The van der Waals surface area contributed by atoms with Gasteiger partial charge in [-0.3, -0.25) is 4.79 Å². The van der Waals surface area contributed by atoms with E-state index >= 15 is 0 Å². The van der Waals surface area contributed by atoms with Crippen molar-refractivity contribution in [2.75, 3.05) is 0 Å². The fraction of sp³-hybridized carbons (Fsp3) is 0.467. The Kier molecular flexibility index (Phi) is 4.75. The van der Waals surface area contributed by atoms with Crippen LogP contribution in [0.3, 0.4) is 0 Å². The minimum atomic E-state index is -0.241.